The van der Waals surface area contributed by atoms with E-state index in [2.05, 4.69) is 55.4 Å². The van der Waals surface area contributed by atoms with Crippen molar-refractivity contribution >= 4 is 0 Å². The Hall–Kier alpha value is -0.860. The van der Waals surface area contributed by atoms with Crippen LogP contribution in [0.25, 0.3) is 0 Å². The molecule has 1 aliphatic rings. The first-order chi connectivity index (χ1) is 9.76. The van der Waals surface area contributed by atoms with Gasteiger partial charge in [-0.3, -0.25) is 4.90 Å². The second kappa shape index (κ2) is 7.80. The molecule has 1 aromatic rings. The van der Waals surface area contributed by atoms with E-state index in [1.54, 1.807) is 0 Å². The summed E-state index contributed by atoms with van der Waals surface area (Å²) in [6.07, 6.45) is 5.03. The predicted molar refractivity (Wildman–Crippen MR) is 87.1 cm³/mol. The predicted octanol–water partition coefficient (Wildman–Crippen LogP) is 3.63. The first-order valence-corrected chi connectivity index (χ1v) is 8.26. The summed E-state index contributed by atoms with van der Waals surface area (Å²) in [5, 5.41) is 3.62. The van der Waals surface area contributed by atoms with Gasteiger partial charge in [-0.05, 0) is 69.4 Å². The Morgan fingerprint density at radius 2 is 1.95 bits per heavy atom. The Morgan fingerprint density at radius 1 is 1.20 bits per heavy atom. The number of hydrogen-bond donors (Lipinski definition) is 1. The number of benzene rings is 1. The van der Waals surface area contributed by atoms with E-state index >= 15 is 0 Å². The number of rotatable bonds is 6. The van der Waals surface area contributed by atoms with Gasteiger partial charge in [0.15, 0.2) is 0 Å². The van der Waals surface area contributed by atoms with Crippen molar-refractivity contribution < 1.29 is 0 Å². The van der Waals surface area contributed by atoms with Gasteiger partial charge >= 0.3 is 0 Å². The summed E-state index contributed by atoms with van der Waals surface area (Å²) in [4.78, 5) is 2.54. The van der Waals surface area contributed by atoms with Crippen LogP contribution < -0.4 is 5.32 Å². The highest BCUT2D eigenvalue weighted by Gasteiger charge is 2.29. The maximum Gasteiger partial charge on any atom is 0.0385 e. The van der Waals surface area contributed by atoms with Gasteiger partial charge in [0.25, 0.3) is 0 Å². The Morgan fingerprint density at radius 3 is 2.60 bits per heavy atom. The summed E-state index contributed by atoms with van der Waals surface area (Å²) in [6.45, 7) is 7.98. The van der Waals surface area contributed by atoms with Crippen LogP contribution in [-0.4, -0.2) is 31.6 Å². The minimum absolute atomic E-state index is 0.582. The number of hydrogen-bond acceptors (Lipinski definition) is 2. The van der Waals surface area contributed by atoms with Gasteiger partial charge in [0.05, 0.1) is 0 Å². The highest BCUT2D eigenvalue weighted by atomic mass is 15.1. The Kier molecular flexibility index (Phi) is 6.06. The average Bonchev–Trinajstić information content (AvgIpc) is 2.48. The molecule has 0 saturated carbocycles. The molecule has 1 aliphatic heterocycles. The maximum absolute atomic E-state index is 3.62. The van der Waals surface area contributed by atoms with E-state index in [0.29, 0.717) is 6.04 Å². The molecule has 0 aromatic heterocycles. The standard InChI is InChI=1S/C18H30N2/c1-4-12-19-14-17-7-6-13-20(3)18(17)16-10-8-15(5-2)9-11-16/h8-11,17-19H,4-7,12-14H2,1-3H3. The molecule has 0 aliphatic carbocycles. The molecule has 2 heteroatoms. The van der Waals surface area contributed by atoms with E-state index in [1.807, 2.05) is 0 Å². The Bertz CT molecular complexity index is 385. The lowest BCUT2D eigenvalue weighted by Gasteiger charge is -2.40. The van der Waals surface area contributed by atoms with Crippen molar-refractivity contribution in [3.63, 3.8) is 0 Å². The van der Waals surface area contributed by atoms with Gasteiger partial charge in [-0.25, -0.2) is 0 Å². The minimum atomic E-state index is 0.582. The van der Waals surface area contributed by atoms with Crippen LogP contribution in [-0.2, 0) is 6.42 Å². The van der Waals surface area contributed by atoms with Crippen molar-refractivity contribution in [3.05, 3.63) is 35.4 Å². The number of piperidine rings is 1. The van der Waals surface area contributed by atoms with Gasteiger partial charge in [-0.15, -0.1) is 0 Å². The highest BCUT2D eigenvalue weighted by molar-refractivity contribution is 5.26. The zero-order valence-corrected chi connectivity index (χ0v) is 13.4. The lowest BCUT2D eigenvalue weighted by atomic mass is 9.84. The number of likely N-dealkylation sites (tertiary alicyclic amines) is 1. The van der Waals surface area contributed by atoms with Gasteiger partial charge < -0.3 is 5.32 Å². The van der Waals surface area contributed by atoms with Crippen LogP contribution in [0.2, 0.25) is 0 Å². The topological polar surface area (TPSA) is 15.3 Å². The third-order valence-electron chi connectivity index (χ3n) is 4.57. The van der Waals surface area contributed by atoms with Crippen LogP contribution in [0.4, 0.5) is 0 Å². The zero-order valence-electron chi connectivity index (χ0n) is 13.4. The van der Waals surface area contributed by atoms with Crippen molar-refractivity contribution in [1.29, 1.82) is 0 Å². The first kappa shape index (κ1) is 15.5. The maximum atomic E-state index is 3.62. The third kappa shape index (κ3) is 3.83. The average molecular weight is 274 g/mol. The Balaban J connectivity index is 2.09. The van der Waals surface area contributed by atoms with E-state index in [-0.39, 0.29) is 0 Å². The fraction of sp³-hybridized carbons (Fsp3) is 0.667. The van der Waals surface area contributed by atoms with Crippen molar-refractivity contribution in [2.75, 3.05) is 26.7 Å². The molecule has 0 amide bonds. The Labute approximate surface area is 124 Å². The second-order valence-corrected chi connectivity index (χ2v) is 6.13. The molecular weight excluding hydrogens is 244 g/mol. The van der Waals surface area contributed by atoms with Gasteiger partial charge in [-0.2, -0.15) is 0 Å². The monoisotopic (exact) mass is 274 g/mol. The SMILES string of the molecule is CCCNCC1CCCN(C)C1c1ccc(CC)cc1. The summed E-state index contributed by atoms with van der Waals surface area (Å²) in [5.74, 6) is 0.743. The quantitative estimate of drug-likeness (QED) is 0.797. The molecule has 0 radical (unpaired) electrons. The van der Waals surface area contributed by atoms with Gasteiger partial charge in [0.2, 0.25) is 0 Å². The summed E-state index contributed by atoms with van der Waals surface area (Å²) in [5.41, 5.74) is 2.93. The fourth-order valence-corrected chi connectivity index (χ4v) is 3.41. The zero-order chi connectivity index (χ0) is 14.4. The van der Waals surface area contributed by atoms with E-state index < -0.39 is 0 Å². The molecule has 2 rings (SSSR count). The number of nitrogens with one attached hydrogen (secondary N) is 1. The number of nitrogens with zero attached hydrogens (tertiary/aromatic N) is 1. The summed E-state index contributed by atoms with van der Waals surface area (Å²) < 4.78 is 0. The molecule has 0 spiro atoms. The third-order valence-corrected chi connectivity index (χ3v) is 4.57. The van der Waals surface area contributed by atoms with Gasteiger partial charge in [0.1, 0.15) is 0 Å². The number of aryl methyl sites for hydroxylation is 1. The van der Waals surface area contributed by atoms with Crippen LogP contribution in [0.3, 0.4) is 0 Å². The molecule has 20 heavy (non-hydrogen) atoms. The lowest BCUT2D eigenvalue weighted by Crippen LogP contribution is -2.40. The molecule has 2 atom stereocenters. The molecule has 1 aromatic carbocycles. The van der Waals surface area contributed by atoms with Crippen molar-refractivity contribution in [1.82, 2.24) is 10.2 Å². The molecular formula is C18H30N2. The molecule has 112 valence electrons. The highest BCUT2D eigenvalue weighted by Crippen LogP contribution is 2.34. The molecule has 2 unspecified atom stereocenters. The largest absolute Gasteiger partial charge is 0.316 e. The van der Waals surface area contributed by atoms with Gasteiger partial charge in [0, 0.05) is 6.04 Å². The van der Waals surface area contributed by atoms with Crippen LogP contribution in [0.15, 0.2) is 24.3 Å². The molecule has 1 heterocycles. The van der Waals surface area contributed by atoms with E-state index in [9.17, 15) is 0 Å². The molecule has 1 fully saturated rings. The van der Waals surface area contributed by atoms with Gasteiger partial charge in [-0.1, -0.05) is 38.1 Å². The van der Waals surface area contributed by atoms with Crippen molar-refractivity contribution in [3.8, 4) is 0 Å². The van der Waals surface area contributed by atoms with Crippen LogP contribution >= 0.6 is 0 Å². The second-order valence-electron chi connectivity index (χ2n) is 6.13. The van der Waals surface area contributed by atoms with Crippen LogP contribution in [0.1, 0.15) is 50.3 Å². The van der Waals surface area contributed by atoms with Crippen molar-refractivity contribution in [2.45, 2.75) is 45.6 Å². The summed E-state index contributed by atoms with van der Waals surface area (Å²) in [6, 6.07) is 9.87. The normalized spacial score (nSPS) is 23.9. The smallest absolute Gasteiger partial charge is 0.0385 e. The first-order valence-electron chi connectivity index (χ1n) is 8.26. The van der Waals surface area contributed by atoms with E-state index in [1.165, 1.54) is 36.9 Å². The molecule has 1 saturated heterocycles. The van der Waals surface area contributed by atoms with Crippen LogP contribution in [0, 0.1) is 5.92 Å². The molecule has 2 nitrogen and oxygen atoms in total. The molecule has 1 N–H and O–H groups in total. The fourth-order valence-electron chi connectivity index (χ4n) is 3.41. The van der Waals surface area contributed by atoms with Crippen LogP contribution in [0.5, 0.6) is 0 Å². The molecule has 0 bridgehead atoms. The van der Waals surface area contributed by atoms with Crippen molar-refractivity contribution in [2.24, 2.45) is 5.92 Å². The van der Waals surface area contributed by atoms with E-state index in [4.69, 9.17) is 0 Å². The lowest BCUT2D eigenvalue weighted by molar-refractivity contribution is 0.119. The summed E-state index contributed by atoms with van der Waals surface area (Å²) >= 11 is 0. The summed E-state index contributed by atoms with van der Waals surface area (Å²) in [7, 11) is 2.28. The van der Waals surface area contributed by atoms with E-state index in [0.717, 1.165) is 25.4 Å². The minimum Gasteiger partial charge on any atom is -0.316 e.